The molecule has 0 radical (unpaired) electrons. The molecule has 2 aliphatic rings. The fourth-order valence-electron chi connectivity index (χ4n) is 3.39. The van der Waals surface area contributed by atoms with Gasteiger partial charge in [-0.2, -0.15) is 0 Å². The Bertz CT molecular complexity index is 300. The van der Waals surface area contributed by atoms with Gasteiger partial charge in [-0.1, -0.05) is 0 Å². The highest BCUT2D eigenvalue weighted by Crippen LogP contribution is 2.21. The quantitative estimate of drug-likeness (QED) is 0.834. The van der Waals surface area contributed by atoms with E-state index in [2.05, 4.69) is 24.2 Å². The van der Waals surface area contributed by atoms with Crippen molar-refractivity contribution in [3.8, 4) is 0 Å². The van der Waals surface area contributed by atoms with Gasteiger partial charge in [0.15, 0.2) is 0 Å². The van der Waals surface area contributed by atoms with Gasteiger partial charge in [0.25, 0.3) is 0 Å². The van der Waals surface area contributed by atoms with Crippen molar-refractivity contribution in [2.75, 3.05) is 40.3 Å². The molecular weight excluding hydrogens is 238 g/mol. The Balaban J connectivity index is 1.81. The lowest BCUT2D eigenvalue weighted by atomic mass is 9.90. The van der Waals surface area contributed by atoms with Gasteiger partial charge in [0, 0.05) is 19.6 Å². The van der Waals surface area contributed by atoms with E-state index in [1.54, 1.807) is 0 Å². The Hall–Kier alpha value is -0.610. The monoisotopic (exact) mass is 267 g/mol. The molecule has 2 atom stereocenters. The molecule has 0 bridgehead atoms. The Labute approximate surface area is 117 Å². The van der Waals surface area contributed by atoms with E-state index in [-0.39, 0.29) is 5.92 Å². The van der Waals surface area contributed by atoms with Crippen LogP contribution in [0.25, 0.3) is 0 Å². The molecule has 2 fully saturated rings. The molecule has 0 saturated carbocycles. The van der Waals surface area contributed by atoms with Crippen molar-refractivity contribution in [3.63, 3.8) is 0 Å². The lowest BCUT2D eigenvalue weighted by molar-refractivity contribution is -0.136. The number of hydrogen-bond donors (Lipinski definition) is 1. The van der Waals surface area contributed by atoms with Crippen molar-refractivity contribution in [1.29, 1.82) is 0 Å². The zero-order valence-corrected chi connectivity index (χ0v) is 12.7. The number of nitrogens with zero attached hydrogens (tertiary/aromatic N) is 2. The van der Waals surface area contributed by atoms with Crippen molar-refractivity contribution in [3.05, 3.63) is 0 Å². The molecular formula is C15H29N3O. The molecule has 0 aromatic carbocycles. The molecule has 2 aliphatic heterocycles. The zero-order chi connectivity index (χ0) is 13.8. The molecule has 0 aromatic heterocycles. The number of amides is 1. The second kappa shape index (κ2) is 6.71. The van der Waals surface area contributed by atoms with Gasteiger partial charge in [0.1, 0.15) is 0 Å². The number of carbonyl (C=O) groups excluding carboxylic acids is 1. The minimum Gasteiger partial charge on any atom is -0.345 e. The summed E-state index contributed by atoms with van der Waals surface area (Å²) < 4.78 is 0. The lowest BCUT2D eigenvalue weighted by Gasteiger charge is -2.35. The van der Waals surface area contributed by atoms with E-state index in [4.69, 9.17) is 0 Å². The average molecular weight is 267 g/mol. The maximum Gasteiger partial charge on any atom is 0.226 e. The highest BCUT2D eigenvalue weighted by molar-refractivity contribution is 5.79. The number of carbonyl (C=O) groups is 1. The summed E-state index contributed by atoms with van der Waals surface area (Å²) >= 11 is 0. The van der Waals surface area contributed by atoms with Crippen molar-refractivity contribution in [2.24, 2.45) is 11.8 Å². The first kappa shape index (κ1) is 14.8. The molecule has 2 unspecified atom stereocenters. The molecule has 19 heavy (non-hydrogen) atoms. The molecule has 2 heterocycles. The average Bonchev–Trinajstić information content (AvgIpc) is 2.41. The van der Waals surface area contributed by atoms with Crippen LogP contribution in [0.15, 0.2) is 0 Å². The first-order valence-corrected chi connectivity index (χ1v) is 7.75. The van der Waals surface area contributed by atoms with E-state index < -0.39 is 0 Å². The first-order valence-electron chi connectivity index (χ1n) is 7.75. The van der Waals surface area contributed by atoms with Crippen LogP contribution in [0.4, 0.5) is 0 Å². The van der Waals surface area contributed by atoms with E-state index in [0.29, 0.717) is 17.9 Å². The Morgan fingerprint density at radius 3 is 2.63 bits per heavy atom. The predicted octanol–water partition coefficient (Wildman–Crippen LogP) is 1.17. The SMILES string of the molecule is CC1NCCCC1C(=O)N(C)CC1CCN(C)CC1. The maximum atomic E-state index is 12.5. The second-order valence-electron chi connectivity index (χ2n) is 6.46. The largest absolute Gasteiger partial charge is 0.345 e. The van der Waals surface area contributed by atoms with Crippen LogP contribution >= 0.6 is 0 Å². The molecule has 0 aliphatic carbocycles. The fraction of sp³-hybridized carbons (Fsp3) is 0.933. The fourth-order valence-corrected chi connectivity index (χ4v) is 3.39. The van der Waals surface area contributed by atoms with Crippen LogP contribution in [-0.4, -0.2) is 62.0 Å². The van der Waals surface area contributed by atoms with E-state index in [1.165, 1.54) is 25.9 Å². The molecule has 4 heteroatoms. The highest BCUT2D eigenvalue weighted by atomic mass is 16.2. The molecule has 2 rings (SSSR count). The van der Waals surface area contributed by atoms with Gasteiger partial charge < -0.3 is 15.1 Å². The summed E-state index contributed by atoms with van der Waals surface area (Å²) in [6.07, 6.45) is 4.63. The van der Waals surface area contributed by atoms with Gasteiger partial charge in [-0.25, -0.2) is 0 Å². The van der Waals surface area contributed by atoms with Crippen LogP contribution < -0.4 is 5.32 Å². The number of nitrogens with one attached hydrogen (secondary N) is 1. The molecule has 1 N–H and O–H groups in total. The van der Waals surface area contributed by atoms with Crippen molar-refractivity contribution in [2.45, 2.75) is 38.6 Å². The molecule has 0 aromatic rings. The van der Waals surface area contributed by atoms with E-state index in [0.717, 1.165) is 25.9 Å². The Morgan fingerprint density at radius 1 is 1.32 bits per heavy atom. The van der Waals surface area contributed by atoms with E-state index in [1.807, 2.05) is 11.9 Å². The van der Waals surface area contributed by atoms with Crippen LogP contribution in [0.5, 0.6) is 0 Å². The molecule has 110 valence electrons. The molecule has 1 amide bonds. The van der Waals surface area contributed by atoms with Crippen LogP contribution in [0.3, 0.4) is 0 Å². The third-order valence-corrected chi connectivity index (χ3v) is 4.83. The lowest BCUT2D eigenvalue weighted by Crippen LogP contribution is -2.48. The summed E-state index contributed by atoms with van der Waals surface area (Å²) in [6.45, 7) is 6.49. The van der Waals surface area contributed by atoms with Gasteiger partial charge in [-0.3, -0.25) is 4.79 Å². The third kappa shape index (κ3) is 3.93. The van der Waals surface area contributed by atoms with Gasteiger partial charge in [-0.15, -0.1) is 0 Å². The minimum absolute atomic E-state index is 0.185. The molecule has 0 spiro atoms. The number of hydrogen-bond acceptors (Lipinski definition) is 3. The third-order valence-electron chi connectivity index (χ3n) is 4.83. The maximum absolute atomic E-state index is 12.5. The standard InChI is InChI=1S/C15H29N3O/c1-12-14(5-4-8-16-12)15(19)18(3)11-13-6-9-17(2)10-7-13/h12-14,16H,4-11H2,1-3H3. The summed E-state index contributed by atoms with van der Waals surface area (Å²) in [5, 5.41) is 3.42. The van der Waals surface area contributed by atoms with Crippen molar-refractivity contribution in [1.82, 2.24) is 15.1 Å². The van der Waals surface area contributed by atoms with Gasteiger partial charge >= 0.3 is 0 Å². The second-order valence-corrected chi connectivity index (χ2v) is 6.46. The smallest absolute Gasteiger partial charge is 0.226 e. The zero-order valence-electron chi connectivity index (χ0n) is 12.7. The Kier molecular flexibility index (Phi) is 5.22. The van der Waals surface area contributed by atoms with Crippen LogP contribution in [0.2, 0.25) is 0 Å². The van der Waals surface area contributed by atoms with Crippen molar-refractivity contribution < 1.29 is 4.79 Å². The summed E-state index contributed by atoms with van der Waals surface area (Å²) in [7, 11) is 4.17. The van der Waals surface area contributed by atoms with Crippen LogP contribution in [0, 0.1) is 11.8 Å². The van der Waals surface area contributed by atoms with Crippen LogP contribution in [0.1, 0.15) is 32.6 Å². The normalized spacial score (nSPS) is 30.3. The van der Waals surface area contributed by atoms with Crippen LogP contribution in [-0.2, 0) is 4.79 Å². The summed E-state index contributed by atoms with van der Waals surface area (Å²) in [5.74, 6) is 1.22. The topological polar surface area (TPSA) is 35.6 Å². The molecule has 2 saturated heterocycles. The molecule has 4 nitrogen and oxygen atoms in total. The number of rotatable bonds is 3. The highest BCUT2D eigenvalue weighted by Gasteiger charge is 2.30. The van der Waals surface area contributed by atoms with Gasteiger partial charge in [0.05, 0.1) is 5.92 Å². The predicted molar refractivity (Wildman–Crippen MR) is 78.0 cm³/mol. The number of piperidine rings is 2. The Morgan fingerprint density at radius 2 is 2.00 bits per heavy atom. The summed E-state index contributed by atoms with van der Waals surface area (Å²) in [5.41, 5.74) is 0. The first-order chi connectivity index (χ1) is 9.08. The number of likely N-dealkylation sites (tertiary alicyclic amines) is 1. The van der Waals surface area contributed by atoms with E-state index in [9.17, 15) is 4.79 Å². The van der Waals surface area contributed by atoms with Gasteiger partial charge in [-0.05, 0) is 65.2 Å². The minimum atomic E-state index is 0.185. The van der Waals surface area contributed by atoms with Gasteiger partial charge in [0.2, 0.25) is 5.91 Å². The van der Waals surface area contributed by atoms with Crippen molar-refractivity contribution >= 4 is 5.91 Å². The van der Waals surface area contributed by atoms with E-state index >= 15 is 0 Å². The summed E-state index contributed by atoms with van der Waals surface area (Å²) in [6, 6.07) is 0.334. The summed E-state index contributed by atoms with van der Waals surface area (Å²) in [4.78, 5) is 16.9.